The van der Waals surface area contributed by atoms with Gasteiger partial charge in [0.15, 0.2) is 0 Å². The zero-order valence-corrected chi connectivity index (χ0v) is 13.9. The summed E-state index contributed by atoms with van der Waals surface area (Å²) in [6, 6.07) is 5.16. The average molecular weight is 320 g/mol. The number of hydrogen-bond acceptors (Lipinski definition) is 6. The van der Waals surface area contributed by atoms with Crippen molar-refractivity contribution in [3.05, 3.63) is 29.3 Å². The Morgan fingerprint density at radius 3 is 2.35 bits per heavy atom. The molecule has 1 aromatic rings. The van der Waals surface area contributed by atoms with Gasteiger partial charge in [0.05, 0.1) is 19.8 Å². The fourth-order valence-electron chi connectivity index (χ4n) is 2.48. The third kappa shape index (κ3) is 2.81. The molecule has 23 heavy (non-hydrogen) atoms. The van der Waals surface area contributed by atoms with E-state index in [1.165, 1.54) is 7.11 Å². The molecule has 6 nitrogen and oxygen atoms in total. The van der Waals surface area contributed by atoms with Crippen LogP contribution >= 0.6 is 0 Å². The molecule has 0 spiro atoms. The highest BCUT2D eigenvalue weighted by atomic mass is 16.6. The van der Waals surface area contributed by atoms with Gasteiger partial charge in [-0.2, -0.15) is 0 Å². The highest BCUT2D eigenvalue weighted by Crippen LogP contribution is 2.40. The van der Waals surface area contributed by atoms with Gasteiger partial charge in [-0.3, -0.25) is 9.59 Å². The van der Waals surface area contributed by atoms with Crippen molar-refractivity contribution in [1.82, 2.24) is 0 Å². The zero-order valence-electron chi connectivity index (χ0n) is 13.9. The third-order valence-corrected chi connectivity index (χ3v) is 3.88. The van der Waals surface area contributed by atoms with Crippen LogP contribution in [0.4, 0.5) is 0 Å². The van der Waals surface area contributed by atoms with Crippen molar-refractivity contribution in [3.8, 4) is 5.75 Å². The summed E-state index contributed by atoms with van der Waals surface area (Å²) in [5, 5.41) is 0. The van der Waals surface area contributed by atoms with E-state index in [0.717, 1.165) is 12.7 Å². The van der Waals surface area contributed by atoms with Gasteiger partial charge in [0.2, 0.25) is 5.78 Å². The van der Waals surface area contributed by atoms with Crippen LogP contribution in [0.5, 0.6) is 5.75 Å². The second-order valence-electron chi connectivity index (χ2n) is 6.46. The molecule has 0 amide bonds. The lowest BCUT2D eigenvalue weighted by Gasteiger charge is -2.22. The minimum atomic E-state index is -2.01. The van der Waals surface area contributed by atoms with E-state index in [2.05, 4.69) is 9.47 Å². The minimum absolute atomic E-state index is 0.172. The van der Waals surface area contributed by atoms with Gasteiger partial charge >= 0.3 is 11.9 Å². The lowest BCUT2D eigenvalue weighted by Crippen LogP contribution is -2.50. The number of methoxy groups -OCH3 is 2. The quantitative estimate of drug-likeness (QED) is 0.626. The van der Waals surface area contributed by atoms with Crippen LogP contribution in [0, 0.1) is 0 Å². The Morgan fingerprint density at radius 2 is 1.83 bits per heavy atom. The maximum atomic E-state index is 12.8. The molecule has 1 aromatic carbocycles. The number of carbonyl (C=O) groups excluding carboxylic acids is 3. The van der Waals surface area contributed by atoms with Gasteiger partial charge < -0.3 is 14.2 Å². The Balaban J connectivity index is 2.51. The molecular formula is C17H20O6. The lowest BCUT2D eigenvalue weighted by atomic mass is 9.84. The Labute approximate surface area is 134 Å². The number of ketones is 1. The number of esters is 2. The van der Waals surface area contributed by atoms with Crippen LogP contribution in [0.25, 0.3) is 0 Å². The minimum Gasteiger partial charge on any atom is -0.469 e. The van der Waals surface area contributed by atoms with Gasteiger partial charge in [0.25, 0.3) is 5.60 Å². The van der Waals surface area contributed by atoms with Crippen molar-refractivity contribution in [3.63, 3.8) is 0 Å². The number of ether oxygens (including phenoxy) is 3. The van der Waals surface area contributed by atoms with Crippen LogP contribution in [0.3, 0.4) is 0 Å². The number of Topliss-reactive ketones (excluding diaryl/α,β-unsaturated/α-hetero) is 1. The molecule has 1 aliphatic rings. The molecule has 0 unspecified atom stereocenters. The predicted molar refractivity (Wildman–Crippen MR) is 81.5 cm³/mol. The highest BCUT2D eigenvalue weighted by Gasteiger charge is 2.57. The summed E-state index contributed by atoms with van der Waals surface area (Å²) >= 11 is 0. The summed E-state index contributed by atoms with van der Waals surface area (Å²) < 4.78 is 14.8. The molecule has 0 fully saturated rings. The molecule has 1 aliphatic heterocycles. The van der Waals surface area contributed by atoms with E-state index in [-0.39, 0.29) is 16.7 Å². The normalized spacial score (nSPS) is 19.8. The van der Waals surface area contributed by atoms with Crippen LogP contribution in [-0.4, -0.2) is 37.5 Å². The first-order valence-electron chi connectivity index (χ1n) is 7.19. The van der Waals surface area contributed by atoms with E-state index in [0.29, 0.717) is 0 Å². The number of benzene rings is 1. The van der Waals surface area contributed by atoms with E-state index < -0.39 is 29.7 Å². The average Bonchev–Trinajstić information content (AvgIpc) is 2.78. The van der Waals surface area contributed by atoms with E-state index in [1.54, 1.807) is 12.1 Å². The summed E-state index contributed by atoms with van der Waals surface area (Å²) in [7, 11) is 2.32. The van der Waals surface area contributed by atoms with Crippen molar-refractivity contribution in [2.24, 2.45) is 0 Å². The van der Waals surface area contributed by atoms with Crippen LogP contribution in [0.2, 0.25) is 0 Å². The van der Waals surface area contributed by atoms with Gasteiger partial charge in [-0.25, -0.2) is 4.79 Å². The van der Waals surface area contributed by atoms with Gasteiger partial charge in [-0.05, 0) is 23.1 Å². The summed E-state index contributed by atoms with van der Waals surface area (Å²) in [6.07, 6.45) is -0.533. The Morgan fingerprint density at radius 1 is 1.17 bits per heavy atom. The van der Waals surface area contributed by atoms with Gasteiger partial charge in [0.1, 0.15) is 12.2 Å². The van der Waals surface area contributed by atoms with Crippen LogP contribution in [-0.2, 0) is 24.5 Å². The first-order chi connectivity index (χ1) is 10.7. The number of rotatable bonds is 3. The second-order valence-corrected chi connectivity index (χ2v) is 6.46. The predicted octanol–water partition coefficient (Wildman–Crippen LogP) is 2.03. The smallest absolute Gasteiger partial charge is 0.359 e. The first-order valence-corrected chi connectivity index (χ1v) is 7.19. The SMILES string of the molecule is COC(=O)C[C@@]1(C(=O)OC)Oc2ccc(C(C)(C)C)cc2C1=O. The standard InChI is InChI=1S/C17H20O6/c1-16(2,3)10-6-7-12-11(8-10)14(19)17(23-12,15(20)22-5)9-13(18)21-4/h6-8H,9H2,1-5H3/t17-/m1/s1. The van der Waals surface area contributed by atoms with Crippen molar-refractivity contribution < 1.29 is 28.6 Å². The molecule has 0 saturated heterocycles. The largest absolute Gasteiger partial charge is 0.469 e. The summed E-state index contributed by atoms with van der Waals surface area (Å²) in [5.74, 6) is -1.97. The van der Waals surface area contributed by atoms with Crippen molar-refractivity contribution in [1.29, 1.82) is 0 Å². The fourth-order valence-corrected chi connectivity index (χ4v) is 2.48. The third-order valence-electron chi connectivity index (χ3n) is 3.88. The van der Waals surface area contributed by atoms with Crippen LogP contribution in [0.15, 0.2) is 18.2 Å². The number of hydrogen-bond donors (Lipinski definition) is 0. The summed E-state index contributed by atoms with van der Waals surface area (Å²) in [6.45, 7) is 6.03. The molecule has 0 radical (unpaired) electrons. The van der Waals surface area contributed by atoms with Crippen LogP contribution < -0.4 is 4.74 Å². The molecule has 2 rings (SSSR count). The Hall–Kier alpha value is -2.37. The Kier molecular flexibility index (Phi) is 4.20. The molecule has 0 aliphatic carbocycles. The topological polar surface area (TPSA) is 78.9 Å². The monoisotopic (exact) mass is 320 g/mol. The van der Waals surface area contributed by atoms with Gasteiger partial charge in [0, 0.05) is 0 Å². The summed E-state index contributed by atoms with van der Waals surface area (Å²) in [4.78, 5) is 36.6. The molecule has 1 heterocycles. The molecule has 1 atom stereocenters. The van der Waals surface area contributed by atoms with Crippen molar-refractivity contribution in [2.75, 3.05) is 14.2 Å². The second kappa shape index (κ2) is 5.68. The molecular weight excluding hydrogens is 300 g/mol. The van der Waals surface area contributed by atoms with Crippen molar-refractivity contribution in [2.45, 2.75) is 38.2 Å². The van der Waals surface area contributed by atoms with Gasteiger partial charge in [-0.15, -0.1) is 0 Å². The van der Waals surface area contributed by atoms with E-state index >= 15 is 0 Å². The molecule has 0 N–H and O–H groups in total. The van der Waals surface area contributed by atoms with Crippen LogP contribution in [0.1, 0.15) is 43.1 Å². The fraction of sp³-hybridized carbons (Fsp3) is 0.471. The molecule has 0 saturated carbocycles. The lowest BCUT2D eigenvalue weighted by molar-refractivity contribution is -0.160. The Bertz CT molecular complexity index is 670. The van der Waals surface area contributed by atoms with E-state index in [9.17, 15) is 14.4 Å². The van der Waals surface area contributed by atoms with Gasteiger partial charge in [-0.1, -0.05) is 26.8 Å². The summed E-state index contributed by atoms with van der Waals surface area (Å²) in [5.41, 5.74) is -0.992. The molecule has 124 valence electrons. The molecule has 6 heteroatoms. The van der Waals surface area contributed by atoms with E-state index in [1.807, 2.05) is 26.8 Å². The molecule has 0 bridgehead atoms. The number of fused-ring (bicyclic) bond motifs is 1. The van der Waals surface area contributed by atoms with Crippen molar-refractivity contribution >= 4 is 17.7 Å². The molecule has 0 aromatic heterocycles. The zero-order chi connectivity index (χ0) is 17.4. The van der Waals surface area contributed by atoms with E-state index in [4.69, 9.17) is 4.74 Å². The highest BCUT2D eigenvalue weighted by molar-refractivity contribution is 6.20. The maximum absolute atomic E-state index is 12.8. The number of carbonyl (C=O) groups is 3. The maximum Gasteiger partial charge on any atom is 0.359 e. The first kappa shape index (κ1) is 17.0.